The lowest BCUT2D eigenvalue weighted by Gasteiger charge is -2.52. The van der Waals surface area contributed by atoms with E-state index in [2.05, 4.69) is 22.0 Å². The van der Waals surface area contributed by atoms with Gasteiger partial charge in [-0.1, -0.05) is 27.6 Å². The first-order valence-corrected chi connectivity index (χ1v) is 8.90. The fourth-order valence-electron chi connectivity index (χ4n) is 3.35. The van der Waals surface area contributed by atoms with E-state index in [0.717, 1.165) is 0 Å². The standard InChI is InChI=1S/C17H23BrO7/c1-9-5-6-17(18)13(7-9)14(8-22-10(2)19)25-16(24-12(4)21)15(17)23-11(3)20/h5,13-16H,6-8H2,1-4H3/t13-,14-,15-,16?,17+/m1/s1. The van der Waals surface area contributed by atoms with E-state index >= 15 is 0 Å². The number of esters is 3. The van der Waals surface area contributed by atoms with Gasteiger partial charge < -0.3 is 18.9 Å². The summed E-state index contributed by atoms with van der Waals surface area (Å²) in [4.78, 5) is 34.3. The Kier molecular flexibility index (Phi) is 6.26. The molecule has 0 radical (unpaired) electrons. The van der Waals surface area contributed by atoms with E-state index in [1.807, 2.05) is 6.92 Å². The SMILES string of the molecule is CC(=O)OC[C@H]1OC(OC(C)=O)[C@@H](OC(C)=O)[C@]2(Br)CC=C(C)C[C@H]12. The lowest BCUT2D eigenvalue weighted by atomic mass is 9.72. The highest BCUT2D eigenvalue weighted by Crippen LogP contribution is 2.50. The van der Waals surface area contributed by atoms with Gasteiger partial charge in [0.2, 0.25) is 6.29 Å². The monoisotopic (exact) mass is 418 g/mol. The number of hydrogen-bond acceptors (Lipinski definition) is 7. The number of fused-ring (bicyclic) bond motifs is 1. The lowest BCUT2D eigenvalue weighted by molar-refractivity contribution is -0.268. The molecule has 1 aliphatic heterocycles. The maximum Gasteiger partial charge on any atom is 0.305 e. The van der Waals surface area contributed by atoms with Gasteiger partial charge in [-0.3, -0.25) is 14.4 Å². The molecule has 0 aromatic heterocycles. The third-order valence-electron chi connectivity index (χ3n) is 4.43. The van der Waals surface area contributed by atoms with Gasteiger partial charge in [0, 0.05) is 26.7 Å². The molecule has 2 rings (SSSR count). The van der Waals surface area contributed by atoms with Crippen LogP contribution in [0.2, 0.25) is 0 Å². The summed E-state index contributed by atoms with van der Waals surface area (Å²) in [5, 5.41) is 0. The van der Waals surface area contributed by atoms with Crippen LogP contribution in [0.3, 0.4) is 0 Å². The summed E-state index contributed by atoms with van der Waals surface area (Å²) in [5.41, 5.74) is 1.17. The summed E-state index contributed by atoms with van der Waals surface area (Å²) < 4.78 is 21.1. The average Bonchev–Trinajstić information content (AvgIpc) is 2.49. The Morgan fingerprint density at radius 3 is 2.40 bits per heavy atom. The Labute approximate surface area is 155 Å². The van der Waals surface area contributed by atoms with Crippen LogP contribution in [0, 0.1) is 5.92 Å². The predicted octanol–water partition coefficient (Wildman–Crippen LogP) is 2.26. The van der Waals surface area contributed by atoms with Crippen LogP contribution in [0.25, 0.3) is 0 Å². The van der Waals surface area contributed by atoms with Crippen LogP contribution in [0.15, 0.2) is 11.6 Å². The average molecular weight is 419 g/mol. The van der Waals surface area contributed by atoms with Crippen molar-refractivity contribution in [2.24, 2.45) is 5.92 Å². The Hall–Kier alpha value is -1.41. The molecule has 1 heterocycles. The van der Waals surface area contributed by atoms with Crippen molar-refractivity contribution < 1.29 is 33.3 Å². The van der Waals surface area contributed by atoms with E-state index in [1.165, 1.54) is 26.3 Å². The van der Waals surface area contributed by atoms with Gasteiger partial charge >= 0.3 is 17.9 Å². The summed E-state index contributed by atoms with van der Waals surface area (Å²) in [6.07, 6.45) is 0.922. The molecule has 0 spiro atoms. The number of halogens is 1. The maximum absolute atomic E-state index is 11.6. The first-order chi connectivity index (χ1) is 11.6. The van der Waals surface area contributed by atoms with E-state index in [4.69, 9.17) is 18.9 Å². The van der Waals surface area contributed by atoms with Gasteiger partial charge in [-0.25, -0.2) is 0 Å². The molecule has 0 aromatic rings. The molecule has 8 heteroatoms. The van der Waals surface area contributed by atoms with Crippen LogP contribution in [-0.2, 0) is 33.3 Å². The number of alkyl halides is 1. The minimum Gasteiger partial charge on any atom is -0.463 e. The zero-order valence-corrected chi connectivity index (χ0v) is 16.3. The van der Waals surface area contributed by atoms with Crippen LogP contribution < -0.4 is 0 Å². The second kappa shape index (κ2) is 7.86. The zero-order chi connectivity index (χ0) is 18.8. The molecule has 0 amide bonds. The minimum absolute atomic E-state index is 0.0329. The highest BCUT2D eigenvalue weighted by atomic mass is 79.9. The van der Waals surface area contributed by atoms with E-state index in [1.54, 1.807) is 0 Å². The second-order valence-corrected chi connectivity index (χ2v) is 7.95. The predicted molar refractivity (Wildman–Crippen MR) is 90.8 cm³/mol. The topological polar surface area (TPSA) is 88.1 Å². The maximum atomic E-state index is 11.6. The summed E-state index contributed by atoms with van der Waals surface area (Å²) in [6, 6.07) is 0. The van der Waals surface area contributed by atoms with Gasteiger partial charge in [0.25, 0.3) is 0 Å². The lowest BCUT2D eigenvalue weighted by Crippen LogP contribution is -2.63. The van der Waals surface area contributed by atoms with E-state index in [-0.39, 0.29) is 12.5 Å². The molecule has 5 atom stereocenters. The normalized spacial score (nSPS) is 34.4. The second-order valence-electron chi connectivity index (χ2n) is 6.48. The van der Waals surface area contributed by atoms with E-state index in [9.17, 15) is 14.4 Å². The fraction of sp³-hybridized carbons (Fsp3) is 0.706. The van der Waals surface area contributed by atoms with Crippen LogP contribution in [-0.4, -0.2) is 47.3 Å². The largest absolute Gasteiger partial charge is 0.463 e. The molecule has 1 aliphatic carbocycles. The Morgan fingerprint density at radius 2 is 1.84 bits per heavy atom. The highest BCUT2D eigenvalue weighted by Gasteiger charge is 2.58. The van der Waals surface area contributed by atoms with Gasteiger partial charge in [-0.15, -0.1) is 0 Å². The molecular weight excluding hydrogens is 396 g/mol. The third-order valence-corrected chi connectivity index (χ3v) is 5.79. The molecule has 2 aliphatic rings. The van der Waals surface area contributed by atoms with Crippen LogP contribution >= 0.6 is 15.9 Å². The highest BCUT2D eigenvalue weighted by molar-refractivity contribution is 9.10. The Bertz CT molecular complexity index is 588. The van der Waals surface area contributed by atoms with Gasteiger partial charge in [0.15, 0.2) is 6.10 Å². The summed E-state index contributed by atoms with van der Waals surface area (Å²) >= 11 is 3.74. The zero-order valence-electron chi connectivity index (χ0n) is 14.7. The summed E-state index contributed by atoms with van der Waals surface area (Å²) in [5.74, 6) is -1.58. The van der Waals surface area contributed by atoms with Gasteiger partial charge in [-0.2, -0.15) is 0 Å². The van der Waals surface area contributed by atoms with Crippen molar-refractivity contribution in [3.05, 3.63) is 11.6 Å². The van der Waals surface area contributed by atoms with E-state index < -0.39 is 40.7 Å². The summed E-state index contributed by atoms with van der Waals surface area (Å²) in [6.45, 7) is 5.92. The number of ether oxygens (including phenoxy) is 4. The Morgan fingerprint density at radius 1 is 1.20 bits per heavy atom. The molecule has 140 valence electrons. The first kappa shape index (κ1) is 19.9. The quantitative estimate of drug-likeness (QED) is 0.299. The van der Waals surface area contributed by atoms with Gasteiger partial charge in [0.1, 0.15) is 12.7 Å². The number of rotatable bonds is 4. The molecule has 0 saturated carbocycles. The smallest absolute Gasteiger partial charge is 0.305 e. The van der Waals surface area contributed by atoms with Crippen LogP contribution in [0.1, 0.15) is 40.5 Å². The van der Waals surface area contributed by atoms with Crippen molar-refractivity contribution in [2.45, 2.75) is 63.4 Å². The molecule has 1 unspecified atom stereocenters. The van der Waals surface area contributed by atoms with Crippen LogP contribution in [0.4, 0.5) is 0 Å². The third kappa shape index (κ3) is 4.61. The molecule has 0 N–H and O–H groups in total. The fourth-order valence-corrected chi connectivity index (χ4v) is 4.28. The van der Waals surface area contributed by atoms with E-state index in [0.29, 0.717) is 12.8 Å². The molecule has 1 fully saturated rings. The molecule has 1 saturated heterocycles. The minimum atomic E-state index is -1.08. The number of carbonyl (C=O) groups is 3. The van der Waals surface area contributed by atoms with Crippen molar-refractivity contribution in [3.63, 3.8) is 0 Å². The Balaban J connectivity index is 2.37. The number of hydrogen-bond donors (Lipinski definition) is 0. The molecule has 7 nitrogen and oxygen atoms in total. The molecular formula is C17H23BrO7. The first-order valence-electron chi connectivity index (χ1n) is 8.11. The number of allylic oxidation sites excluding steroid dienone is 2. The van der Waals surface area contributed by atoms with Crippen molar-refractivity contribution in [1.82, 2.24) is 0 Å². The van der Waals surface area contributed by atoms with Crippen molar-refractivity contribution >= 4 is 33.8 Å². The van der Waals surface area contributed by atoms with Crippen molar-refractivity contribution in [3.8, 4) is 0 Å². The van der Waals surface area contributed by atoms with Gasteiger partial charge in [-0.05, 0) is 19.8 Å². The molecule has 0 bridgehead atoms. The number of carbonyl (C=O) groups excluding carboxylic acids is 3. The van der Waals surface area contributed by atoms with Gasteiger partial charge in [0.05, 0.1) is 4.32 Å². The van der Waals surface area contributed by atoms with Crippen molar-refractivity contribution in [2.75, 3.05) is 6.61 Å². The van der Waals surface area contributed by atoms with Crippen molar-refractivity contribution in [1.29, 1.82) is 0 Å². The molecule has 25 heavy (non-hydrogen) atoms. The van der Waals surface area contributed by atoms with Crippen LogP contribution in [0.5, 0.6) is 0 Å². The summed E-state index contributed by atoms with van der Waals surface area (Å²) in [7, 11) is 0. The molecule has 0 aromatic carbocycles.